The van der Waals surface area contributed by atoms with Crippen molar-refractivity contribution >= 4 is 21.8 Å². The normalized spacial score (nSPS) is 22.4. The Balaban J connectivity index is 1.77. The summed E-state index contributed by atoms with van der Waals surface area (Å²) in [6.45, 7) is 1.64. The molecule has 0 bridgehead atoms. The van der Waals surface area contributed by atoms with Gasteiger partial charge in [-0.2, -0.15) is 0 Å². The third-order valence-corrected chi connectivity index (χ3v) is 5.60. The Hall–Kier alpha value is -1.15. The third kappa shape index (κ3) is 4.95. The third-order valence-electron chi connectivity index (χ3n) is 4.29. The van der Waals surface area contributed by atoms with Gasteiger partial charge in [0.15, 0.2) is 0 Å². The molecule has 2 amide bonds. The van der Waals surface area contributed by atoms with E-state index in [1.54, 1.807) is 4.90 Å². The van der Waals surface area contributed by atoms with Crippen LogP contribution in [0.3, 0.4) is 0 Å². The van der Waals surface area contributed by atoms with Crippen molar-refractivity contribution in [2.45, 2.75) is 44.6 Å². The van der Waals surface area contributed by atoms with Gasteiger partial charge in [0.2, 0.25) is 21.8 Å². The average molecular weight is 331 g/mol. The monoisotopic (exact) mass is 331 g/mol. The molecule has 2 fully saturated rings. The molecule has 1 N–H and O–H groups in total. The van der Waals surface area contributed by atoms with E-state index in [9.17, 15) is 18.0 Å². The number of nitrogens with zero attached hydrogens (tertiary/aromatic N) is 2. The highest BCUT2D eigenvalue weighted by molar-refractivity contribution is 7.88. The standard InChI is InChI=1S/C14H25N3O4S/c1-22(20,21)17-9-6-12(7-10-17)15-13(18)11-16-8-4-2-3-5-14(16)19/h12H,2-11H2,1H3,(H,15,18). The first-order chi connectivity index (χ1) is 10.4. The number of piperidine rings is 1. The van der Waals surface area contributed by atoms with E-state index >= 15 is 0 Å². The van der Waals surface area contributed by atoms with Gasteiger partial charge in [-0.1, -0.05) is 6.42 Å². The fourth-order valence-corrected chi connectivity index (χ4v) is 3.86. The molecular formula is C14H25N3O4S. The molecular weight excluding hydrogens is 306 g/mol. The van der Waals surface area contributed by atoms with Crippen LogP contribution in [0, 0.1) is 0 Å². The minimum atomic E-state index is -3.14. The minimum absolute atomic E-state index is 0.00687. The van der Waals surface area contributed by atoms with Crippen molar-refractivity contribution in [2.75, 3.05) is 32.4 Å². The first-order valence-corrected chi connectivity index (χ1v) is 9.73. The number of rotatable bonds is 4. The van der Waals surface area contributed by atoms with Crippen LogP contribution in [-0.4, -0.2) is 67.9 Å². The molecule has 0 spiro atoms. The smallest absolute Gasteiger partial charge is 0.239 e. The Morgan fingerprint density at radius 1 is 1.18 bits per heavy atom. The van der Waals surface area contributed by atoms with Crippen LogP contribution in [0.4, 0.5) is 0 Å². The van der Waals surface area contributed by atoms with E-state index < -0.39 is 10.0 Å². The zero-order valence-corrected chi connectivity index (χ0v) is 13.9. The largest absolute Gasteiger partial charge is 0.352 e. The van der Waals surface area contributed by atoms with Crippen LogP contribution in [0.15, 0.2) is 0 Å². The van der Waals surface area contributed by atoms with Gasteiger partial charge in [-0.15, -0.1) is 0 Å². The van der Waals surface area contributed by atoms with Crippen LogP contribution in [-0.2, 0) is 19.6 Å². The Labute approximate surface area is 132 Å². The molecule has 0 aliphatic carbocycles. The maximum Gasteiger partial charge on any atom is 0.239 e. The quantitative estimate of drug-likeness (QED) is 0.781. The number of nitrogens with one attached hydrogen (secondary N) is 1. The SMILES string of the molecule is CS(=O)(=O)N1CCC(NC(=O)CN2CCCCCC2=O)CC1. The highest BCUT2D eigenvalue weighted by Gasteiger charge is 2.26. The zero-order chi connectivity index (χ0) is 16.2. The lowest BCUT2D eigenvalue weighted by Crippen LogP contribution is -2.49. The molecule has 0 unspecified atom stereocenters. The summed E-state index contributed by atoms with van der Waals surface area (Å²) in [7, 11) is -3.14. The van der Waals surface area contributed by atoms with Gasteiger partial charge in [-0.25, -0.2) is 12.7 Å². The predicted molar refractivity (Wildman–Crippen MR) is 82.6 cm³/mol. The van der Waals surface area contributed by atoms with Gasteiger partial charge in [-0.3, -0.25) is 9.59 Å². The van der Waals surface area contributed by atoms with Crippen molar-refractivity contribution in [1.82, 2.24) is 14.5 Å². The molecule has 0 aromatic carbocycles. The Bertz CT molecular complexity index is 512. The second kappa shape index (κ2) is 7.41. The molecule has 0 saturated carbocycles. The zero-order valence-electron chi connectivity index (χ0n) is 13.1. The summed E-state index contributed by atoms with van der Waals surface area (Å²) in [5.74, 6) is -0.0902. The summed E-state index contributed by atoms with van der Waals surface area (Å²) < 4.78 is 24.3. The highest BCUT2D eigenvalue weighted by atomic mass is 32.2. The van der Waals surface area contributed by atoms with Crippen molar-refractivity contribution in [3.05, 3.63) is 0 Å². The molecule has 8 heteroatoms. The van der Waals surface area contributed by atoms with Crippen LogP contribution in [0.1, 0.15) is 38.5 Å². The van der Waals surface area contributed by atoms with Crippen LogP contribution >= 0.6 is 0 Å². The number of likely N-dealkylation sites (tertiary alicyclic amines) is 1. The number of carbonyl (C=O) groups is 2. The van der Waals surface area contributed by atoms with Gasteiger partial charge in [0.25, 0.3) is 0 Å². The number of hydrogen-bond donors (Lipinski definition) is 1. The number of sulfonamides is 1. The van der Waals surface area contributed by atoms with Gasteiger partial charge in [0.1, 0.15) is 0 Å². The molecule has 2 aliphatic rings. The molecule has 2 heterocycles. The first-order valence-electron chi connectivity index (χ1n) is 7.88. The number of hydrogen-bond acceptors (Lipinski definition) is 4. The Morgan fingerprint density at radius 3 is 2.50 bits per heavy atom. The van der Waals surface area contributed by atoms with Gasteiger partial charge in [-0.05, 0) is 25.7 Å². The molecule has 2 aliphatic heterocycles. The van der Waals surface area contributed by atoms with Crippen molar-refractivity contribution in [1.29, 1.82) is 0 Å². The molecule has 0 aromatic heterocycles. The summed E-state index contributed by atoms with van der Waals surface area (Å²) in [5.41, 5.74) is 0. The first kappa shape index (κ1) is 17.2. The summed E-state index contributed by atoms with van der Waals surface area (Å²) in [4.78, 5) is 25.6. The van der Waals surface area contributed by atoms with E-state index in [4.69, 9.17) is 0 Å². The van der Waals surface area contributed by atoms with Gasteiger partial charge >= 0.3 is 0 Å². The fourth-order valence-electron chi connectivity index (χ4n) is 2.98. The molecule has 7 nitrogen and oxygen atoms in total. The fraction of sp³-hybridized carbons (Fsp3) is 0.857. The molecule has 0 aromatic rings. The summed E-state index contributed by atoms with van der Waals surface area (Å²) in [6, 6.07) is -0.00687. The van der Waals surface area contributed by atoms with E-state index in [-0.39, 0.29) is 24.4 Å². The molecule has 2 rings (SSSR count). The second-order valence-corrected chi connectivity index (χ2v) is 8.11. The summed E-state index contributed by atoms with van der Waals surface area (Å²) >= 11 is 0. The average Bonchev–Trinajstić information content (AvgIpc) is 2.64. The maximum atomic E-state index is 12.1. The van der Waals surface area contributed by atoms with E-state index in [0.717, 1.165) is 19.3 Å². The van der Waals surface area contributed by atoms with Crippen molar-refractivity contribution in [3.8, 4) is 0 Å². The highest BCUT2D eigenvalue weighted by Crippen LogP contribution is 2.14. The minimum Gasteiger partial charge on any atom is -0.352 e. The van der Waals surface area contributed by atoms with Crippen molar-refractivity contribution in [2.24, 2.45) is 0 Å². The van der Waals surface area contributed by atoms with Crippen LogP contribution in [0.2, 0.25) is 0 Å². The second-order valence-electron chi connectivity index (χ2n) is 6.13. The molecule has 0 radical (unpaired) electrons. The lowest BCUT2D eigenvalue weighted by molar-refractivity contribution is -0.135. The molecule has 22 heavy (non-hydrogen) atoms. The predicted octanol–water partition coefficient (Wildman–Crippen LogP) is -0.0708. The molecule has 126 valence electrons. The number of carbonyl (C=O) groups excluding carboxylic acids is 2. The van der Waals surface area contributed by atoms with E-state index in [1.165, 1.54) is 10.6 Å². The Kier molecular flexibility index (Phi) is 5.80. The van der Waals surface area contributed by atoms with Crippen LogP contribution in [0.5, 0.6) is 0 Å². The molecule has 2 saturated heterocycles. The Morgan fingerprint density at radius 2 is 1.86 bits per heavy atom. The van der Waals surface area contributed by atoms with E-state index in [0.29, 0.717) is 38.9 Å². The summed E-state index contributed by atoms with van der Waals surface area (Å²) in [6.07, 6.45) is 5.86. The van der Waals surface area contributed by atoms with E-state index in [2.05, 4.69) is 5.32 Å². The maximum absolute atomic E-state index is 12.1. The van der Waals surface area contributed by atoms with Crippen molar-refractivity contribution in [3.63, 3.8) is 0 Å². The van der Waals surface area contributed by atoms with Crippen molar-refractivity contribution < 1.29 is 18.0 Å². The van der Waals surface area contributed by atoms with Crippen LogP contribution < -0.4 is 5.32 Å². The van der Waals surface area contributed by atoms with Gasteiger partial charge < -0.3 is 10.2 Å². The van der Waals surface area contributed by atoms with Gasteiger partial charge in [0.05, 0.1) is 12.8 Å². The topological polar surface area (TPSA) is 86.8 Å². The lowest BCUT2D eigenvalue weighted by atomic mass is 10.1. The van der Waals surface area contributed by atoms with E-state index in [1.807, 2.05) is 0 Å². The molecule has 0 atom stereocenters. The van der Waals surface area contributed by atoms with Gasteiger partial charge in [0, 0.05) is 32.1 Å². The van der Waals surface area contributed by atoms with Crippen LogP contribution in [0.25, 0.3) is 0 Å². The lowest BCUT2D eigenvalue weighted by Gasteiger charge is -2.31. The summed E-state index contributed by atoms with van der Waals surface area (Å²) in [5, 5.41) is 2.92. The number of amides is 2.